The third-order valence-corrected chi connectivity index (χ3v) is 4.35. The molecule has 0 aromatic heterocycles. The number of nitro benzene ring substituents is 1. The van der Waals surface area contributed by atoms with E-state index in [4.69, 9.17) is 14.6 Å². The minimum Gasteiger partial charge on any atom is -0.490 e. The maximum atomic E-state index is 12.9. The molecule has 1 heterocycles. The van der Waals surface area contributed by atoms with Gasteiger partial charge in [-0.2, -0.15) is 0 Å². The van der Waals surface area contributed by atoms with Crippen molar-refractivity contribution < 1.29 is 38.7 Å². The van der Waals surface area contributed by atoms with Gasteiger partial charge in [-0.3, -0.25) is 25.0 Å². The molecular weight excluding hydrogens is 438 g/mol. The van der Waals surface area contributed by atoms with Crippen LogP contribution in [0.5, 0.6) is 11.5 Å². The SMILES string of the molecule is CCOc1cc(/C=C2/C(=O)NC(=O)N(c3ccc([N+](=O)[O-])cc3)C2=O)ccc1OCC(=O)O. The number of non-ortho nitro benzene ring substituents is 1. The van der Waals surface area contributed by atoms with E-state index in [2.05, 4.69) is 5.32 Å². The lowest BCUT2D eigenvalue weighted by atomic mass is 10.1. The minimum atomic E-state index is -1.18. The van der Waals surface area contributed by atoms with E-state index in [1.54, 1.807) is 6.92 Å². The summed E-state index contributed by atoms with van der Waals surface area (Å²) in [7, 11) is 0. The lowest BCUT2D eigenvalue weighted by Gasteiger charge is -2.26. The van der Waals surface area contributed by atoms with Crippen molar-refractivity contribution in [1.29, 1.82) is 0 Å². The second-order valence-electron chi connectivity index (χ2n) is 6.55. The number of hydrogen-bond donors (Lipinski definition) is 2. The number of ether oxygens (including phenoxy) is 2. The molecule has 0 atom stereocenters. The second-order valence-corrected chi connectivity index (χ2v) is 6.55. The molecule has 0 saturated carbocycles. The summed E-state index contributed by atoms with van der Waals surface area (Å²) in [5.74, 6) is -2.68. The molecule has 12 nitrogen and oxygen atoms in total. The number of amides is 4. The van der Waals surface area contributed by atoms with Crippen LogP contribution in [-0.4, -0.2) is 47.1 Å². The van der Waals surface area contributed by atoms with Crippen molar-refractivity contribution in [1.82, 2.24) is 5.32 Å². The van der Waals surface area contributed by atoms with Gasteiger partial charge in [-0.1, -0.05) is 6.07 Å². The van der Waals surface area contributed by atoms with Crippen molar-refractivity contribution in [2.45, 2.75) is 6.92 Å². The molecule has 1 aliphatic heterocycles. The summed E-state index contributed by atoms with van der Waals surface area (Å²) < 4.78 is 10.6. The van der Waals surface area contributed by atoms with Crippen LogP contribution >= 0.6 is 0 Å². The Morgan fingerprint density at radius 1 is 1.12 bits per heavy atom. The highest BCUT2D eigenvalue weighted by molar-refractivity contribution is 6.39. The van der Waals surface area contributed by atoms with E-state index in [-0.39, 0.29) is 35.1 Å². The predicted molar refractivity (Wildman–Crippen MR) is 113 cm³/mol. The monoisotopic (exact) mass is 455 g/mol. The van der Waals surface area contributed by atoms with Crippen LogP contribution in [0.15, 0.2) is 48.0 Å². The van der Waals surface area contributed by atoms with Gasteiger partial charge >= 0.3 is 12.0 Å². The summed E-state index contributed by atoms with van der Waals surface area (Å²) >= 11 is 0. The molecule has 2 aromatic carbocycles. The van der Waals surface area contributed by atoms with Gasteiger partial charge in [-0.25, -0.2) is 14.5 Å². The molecule has 4 amide bonds. The normalized spacial score (nSPS) is 14.8. The van der Waals surface area contributed by atoms with E-state index >= 15 is 0 Å². The average molecular weight is 455 g/mol. The summed E-state index contributed by atoms with van der Waals surface area (Å²) in [5.41, 5.74) is -0.217. The number of urea groups is 1. The van der Waals surface area contributed by atoms with Gasteiger partial charge in [0.05, 0.1) is 17.2 Å². The van der Waals surface area contributed by atoms with Crippen LogP contribution in [0.2, 0.25) is 0 Å². The van der Waals surface area contributed by atoms with Gasteiger partial charge in [0.15, 0.2) is 18.1 Å². The largest absolute Gasteiger partial charge is 0.490 e. The fourth-order valence-electron chi connectivity index (χ4n) is 2.92. The summed E-state index contributed by atoms with van der Waals surface area (Å²) in [4.78, 5) is 59.2. The third-order valence-electron chi connectivity index (χ3n) is 4.35. The van der Waals surface area contributed by atoms with Gasteiger partial charge in [-0.15, -0.1) is 0 Å². The lowest BCUT2D eigenvalue weighted by Crippen LogP contribution is -2.54. The number of rotatable bonds is 8. The Hall–Kier alpha value is -4.74. The topological polar surface area (TPSA) is 165 Å². The van der Waals surface area contributed by atoms with Crippen LogP contribution < -0.4 is 19.7 Å². The summed E-state index contributed by atoms with van der Waals surface area (Å²) in [6.07, 6.45) is 1.23. The number of hydrogen-bond acceptors (Lipinski definition) is 8. The van der Waals surface area contributed by atoms with E-state index in [0.717, 1.165) is 12.1 Å². The molecule has 0 aliphatic carbocycles. The van der Waals surface area contributed by atoms with Gasteiger partial charge in [0, 0.05) is 12.1 Å². The van der Waals surface area contributed by atoms with Crippen molar-refractivity contribution in [2.24, 2.45) is 0 Å². The van der Waals surface area contributed by atoms with Crippen molar-refractivity contribution >= 4 is 41.3 Å². The maximum Gasteiger partial charge on any atom is 0.341 e. The highest BCUT2D eigenvalue weighted by Crippen LogP contribution is 2.30. The first-order valence-electron chi connectivity index (χ1n) is 9.48. The van der Waals surface area contributed by atoms with Crippen molar-refractivity contribution in [2.75, 3.05) is 18.1 Å². The molecule has 170 valence electrons. The van der Waals surface area contributed by atoms with Gasteiger partial charge in [-0.05, 0) is 42.8 Å². The molecule has 2 N–H and O–H groups in total. The zero-order valence-corrected chi connectivity index (χ0v) is 17.1. The standard InChI is InChI=1S/C21H17N3O9/c1-2-32-17-10-12(3-8-16(17)33-11-18(25)26)9-15-19(27)22-21(29)23(20(15)28)13-4-6-14(7-5-13)24(30)31/h3-10H,2,11H2,1H3,(H,25,26)(H,22,27,29)/b15-9-. The summed E-state index contributed by atoms with van der Waals surface area (Å²) in [6, 6.07) is 8.02. The van der Waals surface area contributed by atoms with Crippen LogP contribution in [0.4, 0.5) is 16.2 Å². The Morgan fingerprint density at radius 2 is 1.82 bits per heavy atom. The maximum absolute atomic E-state index is 12.9. The smallest absolute Gasteiger partial charge is 0.341 e. The Morgan fingerprint density at radius 3 is 2.42 bits per heavy atom. The Labute approximate surface area is 186 Å². The zero-order valence-electron chi connectivity index (χ0n) is 17.1. The first-order valence-corrected chi connectivity index (χ1v) is 9.48. The Balaban J connectivity index is 1.94. The number of anilines is 1. The molecule has 33 heavy (non-hydrogen) atoms. The quantitative estimate of drug-likeness (QED) is 0.262. The first kappa shape index (κ1) is 22.9. The zero-order chi connectivity index (χ0) is 24.1. The van der Waals surface area contributed by atoms with Gasteiger partial charge in [0.25, 0.3) is 17.5 Å². The molecule has 2 aromatic rings. The number of aliphatic carboxylic acids is 1. The fourth-order valence-corrected chi connectivity index (χ4v) is 2.92. The number of imide groups is 2. The van der Waals surface area contributed by atoms with Crippen molar-refractivity contribution in [3.8, 4) is 11.5 Å². The van der Waals surface area contributed by atoms with Crippen molar-refractivity contribution in [3.05, 3.63) is 63.7 Å². The van der Waals surface area contributed by atoms with E-state index in [0.29, 0.717) is 10.5 Å². The first-order chi connectivity index (χ1) is 15.7. The Bertz CT molecular complexity index is 1170. The van der Waals surface area contributed by atoms with Gasteiger partial charge < -0.3 is 14.6 Å². The number of nitro groups is 1. The number of carboxylic acids is 1. The molecule has 1 fully saturated rings. The molecule has 1 aliphatic rings. The van der Waals surface area contributed by atoms with Crippen LogP contribution in [0, 0.1) is 10.1 Å². The number of benzene rings is 2. The molecule has 0 bridgehead atoms. The van der Waals surface area contributed by atoms with Crippen LogP contribution in [0.3, 0.4) is 0 Å². The molecule has 12 heteroatoms. The van der Waals surface area contributed by atoms with Gasteiger partial charge in [0.2, 0.25) is 0 Å². The predicted octanol–water partition coefficient (Wildman–Crippen LogP) is 2.12. The molecule has 0 radical (unpaired) electrons. The number of carbonyl (C=O) groups is 4. The number of nitrogens with one attached hydrogen (secondary N) is 1. The van der Waals surface area contributed by atoms with Gasteiger partial charge in [0.1, 0.15) is 5.57 Å². The van der Waals surface area contributed by atoms with E-state index in [9.17, 15) is 29.3 Å². The van der Waals surface area contributed by atoms with E-state index in [1.165, 1.54) is 36.4 Å². The average Bonchev–Trinajstić information content (AvgIpc) is 2.76. The Kier molecular flexibility index (Phi) is 6.67. The number of barbiturate groups is 1. The van der Waals surface area contributed by atoms with E-state index < -0.39 is 35.3 Å². The highest BCUT2D eigenvalue weighted by Gasteiger charge is 2.37. The van der Waals surface area contributed by atoms with Crippen LogP contribution in [-0.2, 0) is 14.4 Å². The lowest BCUT2D eigenvalue weighted by molar-refractivity contribution is -0.384. The van der Waals surface area contributed by atoms with Crippen molar-refractivity contribution in [3.63, 3.8) is 0 Å². The molecule has 3 rings (SSSR count). The molecule has 1 saturated heterocycles. The molecular formula is C21H17N3O9. The highest BCUT2D eigenvalue weighted by atomic mass is 16.6. The number of carbonyl (C=O) groups excluding carboxylic acids is 3. The molecule has 0 spiro atoms. The van der Waals surface area contributed by atoms with Crippen LogP contribution in [0.1, 0.15) is 12.5 Å². The third kappa shape index (κ3) is 5.12. The fraction of sp³-hybridized carbons (Fsp3) is 0.143. The van der Waals surface area contributed by atoms with Crippen LogP contribution in [0.25, 0.3) is 6.08 Å². The summed E-state index contributed by atoms with van der Waals surface area (Å²) in [5, 5.41) is 21.7. The number of carboxylic acid groups (broad SMARTS) is 1. The second kappa shape index (κ2) is 9.60. The minimum absolute atomic E-state index is 0.0360. The van der Waals surface area contributed by atoms with E-state index in [1.807, 2.05) is 0 Å². The summed E-state index contributed by atoms with van der Waals surface area (Å²) in [6.45, 7) is 1.36. The number of nitrogens with zero attached hydrogens (tertiary/aromatic N) is 2. The molecule has 0 unspecified atom stereocenters.